The van der Waals surface area contributed by atoms with Gasteiger partial charge in [-0.1, -0.05) is 33.1 Å². The van der Waals surface area contributed by atoms with Gasteiger partial charge in [-0.15, -0.1) is 0 Å². The lowest BCUT2D eigenvalue weighted by molar-refractivity contribution is 0.358. The van der Waals surface area contributed by atoms with E-state index in [0.717, 1.165) is 0 Å². The molecule has 0 saturated heterocycles. The molecule has 1 aliphatic carbocycles. The Labute approximate surface area is 65.0 Å². The Morgan fingerprint density at radius 2 is 2.30 bits per heavy atom. The number of hydrogen-bond donors (Lipinski definition) is 0. The van der Waals surface area contributed by atoms with E-state index in [9.17, 15) is 0 Å². The van der Waals surface area contributed by atoms with Crippen molar-refractivity contribution < 1.29 is 0 Å². The van der Waals surface area contributed by atoms with E-state index in [2.05, 4.69) is 20.3 Å². The minimum absolute atomic E-state index is 0.496. The molecule has 1 saturated carbocycles. The standard InChI is InChI=1S/C10H18/c1-3-4-7-10(2)8-5-6-9-10/h3-8H2,1-2H3. The van der Waals surface area contributed by atoms with Crippen LogP contribution >= 0.6 is 0 Å². The second-order valence-electron chi connectivity index (χ2n) is 3.69. The molecule has 1 atom stereocenters. The zero-order valence-corrected chi connectivity index (χ0v) is 7.24. The average molecular weight is 138 g/mol. The molecule has 0 heteroatoms. The third kappa shape index (κ3) is 2.00. The molecule has 1 aliphatic rings. The molecule has 2 radical (unpaired) electrons. The van der Waals surface area contributed by atoms with E-state index in [1.807, 2.05) is 0 Å². The van der Waals surface area contributed by atoms with Crippen molar-refractivity contribution in [3.8, 4) is 0 Å². The molecule has 1 fully saturated rings. The first kappa shape index (κ1) is 8.10. The Kier molecular flexibility index (Phi) is 2.76. The number of unbranched alkanes of at least 4 members (excludes halogenated alkanes) is 1. The van der Waals surface area contributed by atoms with Crippen LogP contribution in [0.5, 0.6) is 0 Å². The minimum Gasteiger partial charge on any atom is -0.0654 e. The molecule has 1 rings (SSSR count). The molecule has 0 bridgehead atoms. The van der Waals surface area contributed by atoms with Crippen molar-refractivity contribution in [1.29, 1.82) is 0 Å². The Morgan fingerprint density at radius 1 is 1.50 bits per heavy atom. The minimum atomic E-state index is 0.496. The van der Waals surface area contributed by atoms with Gasteiger partial charge >= 0.3 is 0 Å². The lowest BCUT2D eigenvalue weighted by atomic mass is 9.83. The van der Waals surface area contributed by atoms with Crippen molar-refractivity contribution in [1.82, 2.24) is 0 Å². The summed E-state index contributed by atoms with van der Waals surface area (Å²) in [5, 5.41) is 0. The van der Waals surface area contributed by atoms with Gasteiger partial charge in [-0.25, -0.2) is 0 Å². The van der Waals surface area contributed by atoms with E-state index in [1.54, 1.807) is 0 Å². The highest BCUT2D eigenvalue weighted by atomic mass is 14.3. The van der Waals surface area contributed by atoms with Crippen LogP contribution in [0, 0.1) is 11.8 Å². The normalized spacial score (nSPS) is 23.4. The molecule has 0 aromatic heterocycles. The molecule has 10 heavy (non-hydrogen) atoms. The molecule has 0 spiro atoms. The van der Waals surface area contributed by atoms with Crippen molar-refractivity contribution in [2.45, 2.75) is 52.4 Å². The van der Waals surface area contributed by atoms with Crippen LogP contribution in [-0.4, -0.2) is 0 Å². The first-order valence-corrected chi connectivity index (χ1v) is 4.52. The van der Waals surface area contributed by atoms with Crippen LogP contribution in [0.1, 0.15) is 52.4 Å². The summed E-state index contributed by atoms with van der Waals surface area (Å²) >= 11 is 0. The Morgan fingerprint density at radius 3 is 2.80 bits per heavy atom. The lowest BCUT2D eigenvalue weighted by Gasteiger charge is -2.21. The van der Waals surface area contributed by atoms with Crippen molar-refractivity contribution in [2.75, 3.05) is 0 Å². The Balaban J connectivity index is 2.22. The van der Waals surface area contributed by atoms with Crippen LogP contribution in [-0.2, 0) is 0 Å². The van der Waals surface area contributed by atoms with E-state index < -0.39 is 0 Å². The fraction of sp³-hybridized carbons (Fsp3) is 0.900. The van der Waals surface area contributed by atoms with Crippen molar-refractivity contribution in [3.05, 3.63) is 6.42 Å². The summed E-state index contributed by atoms with van der Waals surface area (Å²) in [6.45, 7) is 4.62. The van der Waals surface area contributed by atoms with E-state index in [0.29, 0.717) is 5.41 Å². The first-order valence-electron chi connectivity index (χ1n) is 4.52. The van der Waals surface area contributed by atoms with Crippen LogP contribution in [0.2, 0.25) is 0 Å². The molecular weight excluding hydrogens is 120 g/mol. The summed E-state index contributed by atoms with van der Waals surface area (Å²) in [4.78, 5) is 0. The maximum atomic E-state index is 3.57. The van der Waals surface area contributed by atoms with Gasteiger partial charge in [-0.05, 0) is 31.1 Å². The molecular formula is C10H18. The summed E-state index contributed by atoms with van der Waals surface area (Å²) in [6.07, 6.45) is 11.6. The topological polar surface area (TPSA) is 0 Å². The van der Waals surface area contributed by atoms with Gasteiger partial charge in [0.05, 0.1) is 0 Å². The van der Waals surface area contributed by atoms with Gasteiger partial charge in [0, 0.05) is 0 Å². The summed E-state index contributed by atoms with van der Waals surface area (Å²) in [6, 6.07) is 0. The Hall–Kier alpha value is 0. The smallest absolute Gasteiger partial charge is 0.0109 e. The van der Waals surface area contributed by atoms with Gasteiger partial charge in [-0.3, -0.25) is 0 Å². The molecule has 0 aromatic carbocycles. The highest BCUT2D eigenvalue weighted by Gasteiger charge is 2.27. The van der Waals surface area contributed by atoms with Crippen molar-refractivity contribution >= 4 is 0 Å². The Bertz CT molecular complexity index is 88.2. The number of hydrogen-bond acceptors (Lipinski definition) is 0. The van der Waals surface area contributed by atoms with Gasteiger partial charge in [-0.2, -0.15) is 0 Å². The van der Waals surface area contributed by atoms with Crippen LogP contribution < -0.4 is 0 Å². The van der Waals surface area contributed by atoms with E-state index in [1.165, 1.54) is 38.5 Å². The predicted octanol–water partition coefficient (Wildman–Crippen LogP) is 3.45. The lowest BCUT2D eigenvalue weighted by Crippen LogP contribution is -2.10. The summed E-state index contributed by atoms with van der Waals surface area (Å²) in [7, 11) is 0. The second kappa shape index (κ2) is 3.41. The fourth-order valence-electron chi connectivity index (χ4n) is 1.74. The van der Waals surface area contributed by atoms with Gasteiger partial charge in [0.15, 0.2) is 0 Å². The number of rotatable bonds is 3. The molecule has 0 aromatic rings. The molecule has 0 amide bonds. The quantitative estimate of drug-likeness (QED) is 0.560. The van der Waals surface area contributed by atoms with Crippen molar-refractivity contribution in [3.63, 3.8) is 0 Å². The third-order valence-electron chi connectivity index (χ3n) is 2.54. The molecule has 0 nitrogen and oxygen atoms in total. The van der Waals surface area contributed by atoms with Crippen LogP contribution in [0.4, 0.5) is 0 Å². The van der Waals surface area contributed by atoms with Crippen LogP contribution in [0.25, 0.3) is 0 Å². The van der Waals surface area contributed by atoms with Gasteiger partial charge in [0.1, 0.15) is 0 Å². The van der Waals surface area contributed by atoms with E-state index in [4.69, 9.17) is 0 Å². The molecule has 0 heterocycles. The summed E-state index contributed by atoms with van der Waals surface area (Å²) in [5.41, 5.74) is 0.496. The largest absolute Gasteiger partial charge is 0.0654 e. The SMILES string of the molecule is CCCCC1(C)[C]CCC1. The molecule has 1 unspecified atom stereocenters. The van der Waals surface area contributed by atoms with Crippen LogP contribution in [0.3, 0.4) is 0 Å². The highest BCUT2D eigenvalue weighted by molar-refractivity contribution is 4.94. The molecule has 0 N–H and O–H groups in total. The second-order valence-corrected chi connectivity index (χ2v) is 3.69. The molecule has 58 valence electrons. The zero-order valence-electron chi connectivity index (χ0n) is 7.24. The maximum Gasteiger partial charge on any atom is -0.0109 e. The first-order chi connectivity index (χ1) is 4.77. The highest BCUT2D eigenvalue weighted by Crippen LogP contribution is 2.40. The maximum absolute atomic E-state index is 3.57. The van der Waals surface area contributed by atoms with E-state index >= 15 is 0 Å². The summed E-state index contributed by atoms with van der Waals surface area (Å²) in [5.74, 6) is 0. The summed E-state index contributed by atoms with van der Waals surface area (Å²) < 4.78 is 0. The third-order valence-corrected chi connectivity index (χ3v) is 2.54. The average Bonchev–Trinajstić information content (AvgIpc) is 2.33. The predicted molar refractivity (Wildman–Crippen MR) is 44.7 cm³/mol. The van der Waals surface area contributed by atoms with Crippen molar-refractivity contribution in [2.24, 2.45) is 5.41 Å². The monoisotopic (exact) mass is 138 g/mol. The van der Waals surface area contributed by atoms with Gasteiger partial charge in [0.2, 0.25) is 0 Å². The van der Waals surface area contributed by atoms with Crippen LogP contribution in [0.15, 0.2) is 0 Å². The van der Waals surface area contributed by atoms with Gasteiger partial charge in [0.25, 0.3) is 0 Å². The molecule has 0 aliphatic heterocycles. The fourth-order valence-corrected chi connectivity index (χ4v) is 1.74. The van der Waals surface area contributed by atoms with E-state index in [-0.39, 0.29) is 0 Å². The zero-order chi connectivity index (χ0) is 7.45. The van der Waals surface area contributed by atoms with Gasteiger partial charge < -0.3 is 0 Å².